The van der Waals surface area contributed by atoms with Gasteiger partial charge < -0.3 is 19.9 Å². The number of carbonyl (C=O) groups excluding carboxylic acids is 2. The molecule has 6 nitrogen and oxygen atoms in total. The normalized spacial score (nSPS) is 14.0. The molecule has 1 fully saturated rings. The van der Waals surface area contributed by atoms with Crippen molar-refractivity contribution >= 4 is 34.8 Å². The number of aryl methyl sites for hydroxylation is 2. The van der Waals surface area contributed by atoms with Crippen LogP contribution in [0.15, 0.2) is 36.4 Å². The lowest BCUT2D eigenvalue weighted by Crippen LogP contribution is -2.51. The van der Waals surface area contributed by atoms with Crippen molar-refractivity contribution in [3.8, 4) is 5.75 Å². The van der Waals surface area contributed by atoms with E-state index in [1.165, 1.54) is 12.7 Å². The Morgan fingerprint density at radius 3 is 2.43 bits per heavy atom. The maximum Gasteiger partial charge on any atom is 0.314 e. The number of halogens is 1. The van der Waals surface area contributed by atoms with Gasteiger partial charge in [-0.3, -0.25) is 9.59 Å². The van der Waals surface area contributed by atoms with Gasteiger partial charge in [0.15, 0.2) is 0 Å². The van der Waals surface area contributed by atoms with Crippen molar-refractivity contribution in [2.45, 2.75) is 13.8 Å². The van der Waals surface area contributed by atoms with Crippen LogP contribution in [0.3, 0.4) is 0 Å². The van der Waals surface area contributed by atoms with Gasteiger partial charge >= 0.3 is 11.8 Å². The molecule has 0 aliphatic carbocycles. The van der Waals surface area contributed by atoms with Gasteiger partial charge in [0.1, 0.15) is 5.75 Å². The lowest BCUT2D eigenvalue weighted by atomic mass is 10.2. The van der Waals surface area contributed by atoms with Gasteiger partial charge in [0.05, 0.1) is 12.8 Å². The van der Waals surface area contributed by atoms with Crippen molar-refractivity contribution in [3.05, 3.63) is 52.5 Å². The summed E-state index contributed by atoms with van der Waals surface area (Å²) in [6.45, 7) is 6.25. The summed E-state index contributed by atoms with van der Waals surface area (Å²) in [6.07, 6.45) is 0. The molecule has 0 aromatic heterocycles. The molecule has 1 aliphatic rings. The zero-order valence-corrected chi connectivity index (χ0v) is 17.0. The first kappa shape index (κ1) is 20.0. The summed E-state index contributed by atoms with van der Waals surface area (Å²) >= 11 is 6.09. The van der Waals surface area contributed by atoms with Crippen molar-refractivity contribution in [3.63, 3.8) is 0 Å². The van der Waals surface area contributed by atoms with Gasteiger partial charge in [-0.05, 0) is 43.2 Å². The van der Waals surface area contributed by atoms with Gasteiger partial charge in [-0.1, -0.05) is 23.7 Å². The van der Waals surface area contributed by atoms with Crippen LogP contribution in [0.25, 0.3) is 0 Å². The molecule has 1 N–H and O–H groups in total. The van der Waals surface area contributed by atoms with Crippen LogP contribution in [0.1, 0.15) is 11.1 Å². The minimum absolute atomic E-state index is 0.418. The first-order valence-electron chi connectivity index (χ1n) is 9.15. The molecule has 0 atom stereocenters. The third-order valence-corrected chi connectivity index (χ3v) is 5.26. The summed E-state index contributed by atoms with van der Waals surface area (Å²) in [5.74, 6) is -0.802. The summed E-state index contributed by atoms with van der Waals surface area (Å²) in [5.41, 5.74) is 3.55. The number of hydrogen-bond acceptors (Lipinski definition) is 4. The molecule has 0 spiro atoms. The number of benzene rings is 2. The molecular weight excluding hydrogens is 378 g/mol. The van der Waals surface area contributed by atoms with E-state index in [2.05, 4.69) is 35.3 Å². The number of amides is 2. The average Bonchev–Trinajstić information content (AvgIpc) is 2.70. The minimum atomic E-state index is -0.677. The van der Waals surface area contributed by atoms with Gasteiger partial charge in [-0.25, -0.2) is 0 Å². The number of anilines is 2. The van der Waals surface area contributed by atoms with Gasteiger partial charge in [-0.2, -0.15) is 0 Å². The number of nitrogens with zero attached hydrogens (tertiary/aromatic N) is 2. The molecule has 2 amide bonds. The fourth-order valence-corrected chi connectivity index (χ4v) is 3.40. The summed E-state index contributed by atoms with van der Waals surface area (Å²) in [5, 5.41) is 3.19. The van der Waals surface area contributed by atoms with Gasteiger partial charge in [-0.15, -0.1) is 0 Å². The number of carbonyl (C=O) groups is 2. The van der Waals surface area contributed by atoms with E-state index >= 15 is 0 Å². The Balaban J connectivity index is 1.62. The van der Waals surface area contributed by atoms with Crippen LogP contribution in [0.2, 0.25) is 5.02 Å². The summed E-state index contributed by atoms with van der Waals surface area (Å²) in [7, 11) is 1.49. The second-order valence-corrected chi connectivity index (χ2v) is 7.28. The highest BCUT2D eigenvalue weighted by Crippen LogP contribution is 2.31. The number of methoxy groups -OCH3 is 1. The summed E-state index contributed by atoms with van der Waals surface area (Å²) < 4.78 is 5.25. The molecule has 2 aromatic carbocycles. The van der Waals surface area contributed by atoms with Crippen LogP contribution in [0.5, 0.6) is 5.75 Å². The smallest absolute Gasteiger partial charge is 0.314 e. The second-order valence-electron chi connectivity index (χ2n) is 6.87. The fourth-order valence-electron chi connectivity index (χ4n) is 3.24. The molecule has 7 heteroatoms. The number of rotatable bonds is 3. The van der Waals surface area contributed by atoms with E-state index < -0.39 is 11.8 Å². The van der Waals surface area contributed by atoms with E-state index in [1.807, 2.05) is 13.0 Å². The highest BCUT2D eigenvalue weighted by Gasteiger charge is 2.27. The van der Waals surface area contributed by atoms with Crippen molar-refractivity contribution in [2.24, 2.45) is 0 Å². The maximum atomic E-state index is 12.6. The highest BCUT2D eigenvalue weighted by atomic mass is 35.5. The molecule has 0 saturated carbocycles. The highest BCUT2D eigenvalue weighted by molar-refractivity contribution is 6.39. The molecular formula is C21H24ClN3O3. The number of ether oxygens (including phenoxy) is 1. The average molecular weight is 402 g/mol. The topological polar surface area (TPSA) is 61.9 Å². The van der Waals surface area contributed by atoms with Crippen LogP contribution in [-0.4, -0.2) is 50.0 Å². The predicted molar refractivity (Wildman–Crippen MR) is 111 cm³/mol. The van der Waals surface area contributed by atoms with E-state index in [-0.39, 0.29) is 0 Å². The van der Waals surface area contributed by atoms with Crippen molar-refractivity contribution in [2.75, 3.05) is 43.5 Å². The van der Waals surface area contributed by atoms with Gasteiger partial charge in [0.25, 0.3) is 0 Å². The molecule has 1 aliphatic heterocycles. The Morgan fingerprint density at radius 1 is 1.07 bits per heavy atom. The lowest BCUT2D eigenvalue weighted by Gasteiger charge is -2.35. The predicted octanol–water partition coefficient (Wildman–Crippen LogP) is 3.25. The first-order chi connectivity index (χ1) is 13.4. The molecule has 0 unspecified atom stereocenters. The standard InChI is InChI=1S/C21H24ClN3O3/c1-14-5-4-6-16(11-14)24-7-9-25(10-8-24)21(27)20(26)23-18-12-15(2)17(22)13-19(18)28-3/h4-6,11-13H,7-10H2,1-3H3,(H,23,26). The van der Waals surface area contributed by atoms with E-state index in [0.29, 0.717) is 42.6 Å². The largest absolute Gasteiger partial charge is 0.495 e. The van der Waals surface area contributed by atoms with E-state index in [0.717, 1.165) is 11.3 Å². The molecule has 0 bridgehead atoms. The third kappa shape index (κ3) is 4.39. The lowest BCUT2D eigenvalue weighted by molar-refractivity contribution is -0.143. The van der Waals surface area contributed by atoms with E-state index in [1.54, 1.807) is 17.0 Å². The zero-order chi connectivity index (χ0) is 20.3. The molecule has 28 heavy (non-hydrogen) atoms. The van der Waals surface area contributed by atoms with Gasteiger partial charge in [0.2, 0.25) is 0 Å². The van der Waals surface area contributed by atoms with Crippen molar-refractivity contribution in [1.82, 2.24) is 4.90 Å². The van der Waals surface area contributed by atoms with Crippen LogP contribution >= 0.6 is 11.6 Å². The quantitative estimate of drug-likeness (QED) is 0.802. The van der Waals surface area contributed by atoms with Crippen LogP contribution < -0.4 is 15.0 Å². The molecule has 1 saturated heterocycles. The Kier molecular flexibility index (Phi) is 6.09. The number of piperazine rings is 1. The van der Waals surface area contributed by atoms with E-state index in [4.69, 9.17) is 16.3 Å². The van der Waals surface area contributed by atoms with Crippen LogP contribution in [0.4, 0.5) is 11.4 Å². The number of nitrogens with one attached hydrogen (secondary N) is 1. The van der Waals surface area contributed by atoms with E-state index in [9.17, 15) is 9.59 Å². The monoisotopic (exact) mass is 401 g/mol. The Morgan fingerprint density at radius 2 is 1.79 bits per heavy atom. The van der Waals surface area contributed by atoms with Crippen molar-refractivity contribution in [1.29, 1.82) is 0 Å². The minimum Gasteiger partial charge on any atom is -0.495 e. The van der Waals surface area contributed by atoms with Crippen LogP contribution in [-0.2, 0) is 9.59 Å². The molecule has 148 valence electrons. The fraction of sp³-hybridized carbons (Fsp3) is 0.333. The zero-order valence-electron chi connectivity index (χ0n) is 16.3. The Labute approximate surface area is 170 Å². The van der Waals surface area contributed by atoms with Crippen molar-refractivity contribution < 1.29 is 14.3 Å². The second kappa shape index (κ2) is 8.52. The molecule has 3 rings (SSSR count). The first-order valence-corrected chi connectivity index (χ1v) is 9.53. The van der Waals surface area contributed by atoms with Crippen LogP contribution in [0, 0.1) is 13.8 Å². The Hall–Kier alpha value is -2.73. The third-order valence-electron chi connectivity index (χ3n) is 4.86. The molecule has 1 heterocycles. The number of hydrogen-bond donors (Lipinski definition) is 1. The summed E-state index contributed by atoms with van der Waals surface area (Å²) in [6, 6.07) is 11.6. The van der Waals surface area contributed by atoms with Gasteiger partial charge in [0, 0.05) is 43.0 Å². The molecule has 2 aromatic rings. The Bertz CT molecular complexity index is 892. The summed E-state index contributed by atoms with van der Waals surface area (Å²) in [4.78, 5) is 28.9. The SMILES string of the molecule is COc1cc(Cl)c(C)cc1NC(=O)C(=O)N1CCN(c2cccc(C)c2)CC1. The molecule has 0 radical (unpaired) electrons. The maximum absolute atomic E-state index is 12.6.